The number of fused-ring (bicyclic) bond motifs is 1. The molecule has 2 N–H and O–H groups in total. The van der Waals surface area contributed by atoms with Gasteiger partial charge in [0.1, 0.15) is 16.9 Å². The summed E-state index contributed by atoms with van der Waals surface area (Å²) in [6.07, 6.45) is 6.42. The van der Waals surface area contributed by atoms with E-state index in [4.69, 9.17) is 33.0 Å². The molecule has 3 rings (SSSR count). The van der Waals surface area contributed by atoms with Crippen LogP contribution in [0.15, 0.2) is 6.07 Å². The number of aliphatic carboxylic acids is 2. The highest BCUT2D eigenvalue weighted by Crippen LogP contribution is 2.55. The highest BCUT2D eigenvalue weighted by Gasteiger charge is 2.52. The number of ether oxygens (including phenoxy) is 1. The molecule has 1 fully saturated rings. The van der Waals surface area contributed by atoms with E-state index in [9.17, 15) is 19.5 Å². The summed E-state index contributed by atoms with van der Waals surface area (Å²) in [4.78, 5) is 36.9. The van der Waals surface area contributed by atoms with Crippen LogP contribution in [0.2, 0.25) is 10.0 Å². The monoisotopic (exact) mass is 512 g/mol. The highest BCUT2D eigenvalue weighted by molar-refractivity contribution is 6.45. The standard InChI is InChI=1S/C26H34Cl2O6/c1-4-5-12-26(16-8-6-7-9-16)14-15-13-17(21(27)22(28)20(15)23(26)31)34-18(10-11-19(29)30)25(2,3)24(32)33/h13,16,18H,4-12,14H2,1-3H3,(H,29,30)(H,32,33). The maximum absolute atomic E-state index is 13.8. The third-order valence-corrected chi connectivity index (χ3v) is 8.65. The average Bonchev–Trinajstić information content (AvgIpc) is 3.40. The minimum absolute atomic E-state index is 0.0128. The summed E-state index contributed by atoms with van der Waals surface area (Å²) in [6, 6.07) is 1.72. The maximum Gasteiger partial charge on any atom is 0.312 e. The Morgan fingerprint density at radius 3 is 2.41 bits per heavy atom. The van der Waals surface area contributed by atoms with Gasteiger partial charge in [-0.05, 0) is 63.5 Å². The number of carbonyl (C=O) groups excluding carboxylic acids is 1. The van der Waals surface area contributed by atoms with Crippen LogP contribution in [-0.4, -0.2) is 34.0 Å². The lowest BCUT2D eigenvalue weighted by Gasteiger charge is -2.34. The van der Waals surface area contributed by atoms with Crippen molar-refractivity contribution >= 4 is 40.9 Å². The summed E-state index contributed by atoms with van der Waals surface area (Å²) in [7, 11) is 0. The molecular weight excluding hydrogens is 479 g/mol. The Hall–Kier alpha value is -1.79. The zero-order valence-corrected chi connectivity index (χ0v) is 21.6. The summed E-state index contributed by atoms with van der Waals surface area (Å²) < 4.78 is 6.07. The second kappa shape index (κ2) is 10.4. The Morgan fingerprint density at radius 2 is 1.85 bits per heavy atom. The topological polar surface area (TPSA) is 101 Å². The van der Waals surface area contributed by atoms with E-state index in [1.54, 1.807) is 6.07 Å². The van der Waals surface area contributed by atoms with E-state index in [-0.39, 0.29) is 34.4 Å². The van der Waals surface area contributed by atoms with E-state index in [2.05, 4.69) is 6.92 Å². The first-order chi connectivity index (χ1) is 16.0. The van der Waals surface area contributed by atoms with Crippen molar-refractivity contribution in [2.45, 2.75) is 91.1 Å². The lowest BCUT2D eigenvalue weighted by molar-refractivity contribution is -0.153. The van der Waals surface area contributed by atoms with Gasteiger partial charge in [0.2, 0.25) is 0 Å². The zero-order chi connectivity index (χ0) is 25.3. The van der Waals surface area contributed by atoms with Gasteiger partial charge in [-0.25, -0.2) is 0 Å². The second-order valence-corrected chi connectivity index (χ2v) is 11.1. The molecule has 0 bridgehead atoms. The lowest BCUT2D eigenvalue weighted by Crippen LogP contribution is -2.41. The third kappa shape index (κ3) is 4.94. The van der Waals surface area contributed by atoms with Crippen LogP contribution in [0.1, 0.15) is 94.5 Å². The molecule has 188 valence electrons. The van der Waals surface area contributed by atoms with Gasteiger partial charge in [0, 0.05) is 17.4 Å². The fourth-order valence-corrected chi connectivity index (χ4v) is 6.11. The van der Waals surface area contributed by atoms with Gasteiger partial charge in [0.15, 0.2) is 5.78 Å². The fourth-order valence-electron chi connectivity index (χ4n) is 5.61. The van der Waals surface area contributed by atoms with Crippen LogP contribution >= 0.6 is 23.2 Å². The molecule has 8 heteroatoms. The van der Waals surface area contributed by atoms with E-state index < -0.39 is 28.9 Å². The molecule has 0 heterocycles. The number of rotatable bonds is 11. The minimum Gasteiger partial charge on any atom is -0.488 e. The Balaban J connectivity index is 2.00. The first kappa shape index (κ1) is 26.8. The first-order valence-corrected chi connectivity index (χ1v) is 12.9. The molecule has 1 saturated carbocycles. The number of hydrogen-bond acceptors (Lipinski definition) is 4. The molecule has 6 nitrogen and oxygen atoms in total. The molecule has 1 aromatic carbocycles. The molecule has 0 aliphatic heterocycles. The Kier molecular flexibility index (Phi) is 8.24. The maximum atomic E-state index is 13.8. The number of unbranched alkanes of at least 4 members (excludes halogenated alkanes) is 1. The molecule has 0 aromatic heterocycles. The number of benzene rings is 1. The Labute approximate surface area is 211 Å². The smallest absolute Gasteiger partial charge is 0.312 e. The zero-order valence-electron chi connectivity index (χ0n) is 20.1. The van der Waals surface area contributed by atoms with Gasteiger partial charge in [-0.1, -0.05) is 55.8 Å². The number of carbonyl (C=O) groups is 3. The second-order valence-electron chi connectivity index (χ2n) is 10.3. The minimum atomic E-state index is -1.37. The molecule has 34 heavy (non-hydrogen) atoms. The average molecular weight is 513 g/mol. The number of hydrogen-bond donors (Lipinski definition) is 2. The van der Waals surface area contributed by atoms with Crippen LogP contribution in [0.4, 0.5) is 0 Å². The van der Waals surface area contributed by atoms with Gasteiger partial charge in [0.25, 0.3) is 0 Å². The van der Waals surface area contributed by atoms with Gasteiger partial charge in [-0.2, -0.15) is 0 Å². The van der Waals surface area contributed by atoms with Crippen LogP contribution in [0.3, 0.4) is 0 Å². The van der Waals surface area contributed by atoms with Gasteiger partial charge < -0.3 is 14.9 Å². The van der Waals surface area contributed by atoms with Crippen LogP contribution in [0.5, 0.6) is 5.75 Å². The van der Waals surface area contributed by atoms with E-state index in [1.165, 1.54) is 13.8 Å². The molecule has 2 aliphatic rings. The number of carboxylic acids is 2. The third-order valence-electron chi connectivity index (χ3n) is 7.80. The highest BCUT2D eigenvalue weighted by atomic mass is 35.5. The first-order valence-electron chi connectivity index (χ1n) is 12.1. The summed E-state index contributed by atoms with van der Waals surface area (Å²) in [5.74, 6) is -1.58. The molecule has 2 aliphatic carbocycles. The molecule has 0 amide bonds. The summed E-state index contributed by atoms with van der Waals surface area (Å²) in [5.41, 5.74) is -0.609. The van der Waals surface area contributed by atoms with Crippen molar-refractivity contribution in [3.8, 4) is 5.75 Å². The van der Waals surface area contributed by atoms with Crippen molar-refractivity contribution < 1.29 is 29.3 Å². The molecule has 0 radical (unpaired) electrons. The van der Waals surface area contributed by atoms with E-state index in [1.807, 2.05) is 0 Å². The quantitative estimate of drug-likeness (QED) is 0.337. The molecule has 2 unspecified atom stereocenters. The van der Waals surface area contributed by atoms with Crippen molar-refractivity contribution in [3.05, 3.63) is 27.2 Å². The normalized spacial score (nSPS) is 21.5. The van der Waals surface area contributed by atoms with Crippen molar-refractivity contribution in [3.63, 3.8) is 0 Å². The molecule has 1 aromatic rings. The predicted molar refractivity (Wildman–Crippen MR) is 131 cm³/mol. The van der Waals surface area contributed by atoms with Crippen molar-refractivity contribution in [2.75, 3.05) is 0 Å². The van der Waals surface area contributed by atoms with Gasteiger partial charge >= 0.3 is 11.9 Å². The van der Waals surface area contributed by atoms with Crippen LogP contribution in [0.25, 0.3) is 0 Å². The Bertz CT molecular complexity index is 967. The van der Waals surface area contributed by atoms with E-state index in [0.717, 1.165) is 50.5 Å². The summed E-state index contributed by atoms with van der Waals surface area (Å²) >= 11 is 13.2. The number of ketones is 1. The molecular formula is C26H34Cl2O6. The lowest BCUT2D eigenvalue weighted by atomic mass is 9.68. The summed E-state index contributed by atoms with van der Waals surface area (Å²) in [5, 5.41) is 19.0. The van der Waals surface area contributed by atoms with E-state index >= 15 is 0 Å². The molecule has 0 spiro atoms. The Morgan fingerprint density at radius 1 is 1.21 bits per heavy atom. The van der Waals surface area contributed by atoms with Gasteiger partial charge in [0.05, 0.1) is 10.4 Å². The largest absolute Gasteiger partial charge is 0.488 e. The van der Waals surface area contributed by atoms with Crippen LogP contribution in [-0.2, 0) is 16.0 Å². The SMILES string of the molecule is CCCCC1(C2CCCC2)Cc2cc(OC(CCC(=O)O)C(C)(C)C(=O)O)c(Cl)c(Cl)c2C1=O. The molecule has 0 saturated heterocycles. The van der Waals surface area contributed by atoms with Crippen LogP contribution < -0.4 is 4.74 Å². The van der Waals surface area contributed by atoms with Crippen molar-refractivity contribution in [2.24, 2.45) is 16.7 Å². The van der Waals surface area contributed by atoms with Crippen LogP contribution in [0, 0.1) is 16.7 Å². The van der Waals surface area contributed by atoms with Gasteiger partial charge in [-0.15, -0.1) is 0 Å². The molecule has 2 atom stereocenters. The van der Waals surface area contributed by atoms with Gasteiger partial charge in [-0.3, -0.25) is 14.4 Å². The van der Waals surface area contributed by atoms with Crippen molar-refractivity contribution in [1.82, 2.24) is 0 Å². The van der Waals surface area contributed by atoms with E-state index in [0.29, 0.717) is 17.9 Å². The predicted octanol–water partition coefficient (Wildman–Crippen LogP) is 6.82. The number of carboxylic acid groups (broad SMARTS) is 2. The number of halogens is 2. The number of Topliss-reactive ketones (excluding diaryl/α,β-unsaturated/α-hetero) is 1. The summed E-state index contributed by atoms with van der Waals surface area (Å²) in [6.45, 7) is 5.10. The fraction of sp³-hybridized carbons (Fsp3) is 0.654. The van der Waals surface area contributed by atoms with Crippen molar-refractivity contribution in [1.29, 1.82) is 0 Å².